The normalized spacial score (nSPS) is 16.0. The third-order valence-corrected chi connectivity index (χ3v) is 1.34. The Morgan fingerprint density at radius 3 is 2.36 bits per heavy atom. The molecule has 0 aliphatic rings. The lowest BCUT2D eigenvalue weighted by Gasteiger charge is -2.17. The minimum Gasteiger partial charge on any atom is -0.388 e. The molecule has 0 unspecified atom stereocenters. The predicted octanol–water partition coefficient (Wildman–Crippen LogP) is -0.402. The van der Waals surface area contributed by atoms with Crippen molar-refractivity contribution in [2.45, 2.75) is 19.1 Å². The second-order valence-corrected chi connectivity index (χ2v) is 2.29. The quantitative estimate of drug-likeness (QED) is 0.597. The molecule has 66 valence electrons. The average molecular weight is 162 g/mol. The second-order valence-electron chi connectivity index (χ2n) is 2.29. The molecule has 0 bridgehead atoms. The van der Waals surface area contributed by atoms with Gasteiger partial charge in [0.25, 0.3) is 0 Å². The van der Waals surface area contributed by atoms with Crippen molar-refractivity contribution in [3.05, 3.63) is 0 Å². The Labute approximate surface area is 66.1 Å². The number of Topliss-reactive ketones (excluding diaryl/α,β-unsaturated/α-hetero) is 1. The molecule has 0 saturated carbocycles. The van der Waals surface area contributed by atoms with Crippen molar-refractivity contribution in [3.63, 3.8) is 0 Å². The lowest BCUT2D eigenvalue weighted by molar-refractivity contribution is -0.135. The molecule has 0 rings (SSSR count). The number of hydrogen-bond acceptors (Lipinski definition) is 4. The van der Waals surface area contributed by atoms with Crippen LogP contribution in [0.2, 0.25) is 0 Å². The van der Waals surface area contributed by atoms with Crippen LogP contribution in [0, 0.1) is 0 Å². The first-order valence-electron chi connectivity index (χ1n) is 3.33. The summed E-state index contributed by atoms with van der Waals surface area (Å²) in [7, 11) is 2.83. The van der Waals surface area contributed by atoms with Gasteiger partial charge in [-0.15, -0.1) is 0 Å². The van der Waals surface area contributed by atoms with Crippen LogP contribution in [-0.4, -0.2) is 43.9 Å². The highest BCUT2D eigenvalue weighted by atomic mass is 16.5. The number of aliphatic hydroxyl groups excluding tert-OH is 1. The number of rotatable bonds is 5. The van der Waals surface area contributed by atoms with Crippen LogP contribution in [0.5, 0.6) is 0 Å². The molecule has 4 nitrogen and oxygen atoms in total. The van der Waals surface area contributed by atoms with Crippen LogP contribution in [0.15, 0.2) is 0 Å². The van der Waals surface area contributed by atoms with Crippen LogP contribution >= 0.6 is 0 Å². The zero-order valence-electron chi connectivity index (χ0n) is 7.03. The van der Waals surface area contributed by atoms with Gasteiger partial charge < -0.3 is 14.6 Å². The molecule has 0 fully saturated rings. The number of ketones is 1. The first kappa shape index (κ1) is 10.6. The Morgan fingerprint density at radius 2 is 2.09 bits per heavy atom. The number of methoxy groups -OCH3 is 2. The molecule has 0 aromatic heterocycles. The summed E-state index contributed by atoms with van der Waals surface area (Å²) in [5.74, 6) is -0.197. The van der Waals surface area contributed by atoms with Gasteiger partial charge in [-0.05, 0) is 6.92 Å². The summed E-state index contributed by atoms with van der Waals surface area (Å²) in [6.07, 6.45) is -1.64. The molecule has 2 atom stereocenters. The minimum absolute atomic E-state index is 0.109. The molecule has 0 aliphatic heterocycles. The fraction of sp³-hybridized carbons (Fsp3) is 0.857. The van der Waals surface area contributed by atoms with Gasteiger partial charge in [0.2, 0.25) is 0 Å². The Kier molecular flexibility index (Phi) is 5.02. The average Bonchev–Trinajstić information content (AvgIpc) is 1.88. The third kappa shape index (κ3) is 3.46. The van der Waals surface area contributed by atoms with Gasteiger partial charge in [0.15, 0.2) is 5.78 Å². The lowest BCUT2D eigenvalue weighted by Crippen LogP contribution is -2.37. The summed E-state index contributed by atoms with van der Waals surface area (Å²) >= 11 is 0. The van der Waals surface area contributed by atoms with Gasteiger partial charge in [0, 0.05) is 14.2 Å². The van der Waals surface area contributed by atoms with Crippen LogP contribution < -0.4 is 0 Å². The van der Waals surface area contributed by atoms with Crippen LogP contribution in [0.4, 0.5) is 0 Å². The smallest absolute Gasteiger partial charge is 0.161 e. The van der Waals surface area contributed by atoms with Crippen molar-refractivity contribution >= 4 is 5.78 Å². The van der Waals surface area contributed by atoms with Crippen LogP contribution in [0.25, 0.3) is 0 Å². The zero-order valence-corrected chi connectivity index (χ0v) is 7.03. The first-order chi connectivity index (χ1) is 5.13. The maximum atomic E-state index is 10.8. The molecule has 1 N–H and O–H groups in total. The van der Waals surface area contributed by atoms with E-state index in [2.05, 4.69) is 4.74 Å². The number of carbonyl (C=O) groups excluding carboxylic acids is 1. The number of hydrogen-bond donors (Lipinski definition) is 1. The van der Waals surface area contributed by atoms with E-state index < -0.39 is 12.2 Å². The maximum Gasteiger partial charge on any atom is 0.161 e. The molecular weight excluding hydrogens is 148 g/mol. The summed E-state index contributed by atoms with van der Waals surface area (Å²) in [5, 5.41) is 9.21. The highest BCUT2D eigenvalue weighted by Crippen LogP contribution is 1.99. The molecular formula is C7H14O4. The van der Waals surface area contributed by atoms with Gasteiger partial charge >= 0.3 is 0 Å². The molecule has 4 heteroatoms. The van der Waals surface area contributed by atoms with Gasteiger partial charge in [-0.1, -0.05) is 0 Å². The van der Waals surface area contributed by atoms with Crippen LogP contribution in [0.1, 0.15) is 6.92 Å². The van der Waals surface area contributed by atoms with Gasteiger partial charge in [-0.2, -0.15) is 0 Å². The fourth-order valence-electron chi connectivity index (χ4n) is 0.852. The van der Waals surface area contributed by atoms with Gasteiger partial charge in [-0.3, -0.25) is 4.79 Å². The lowest BCUT2D eigenvalue weighted by atomic mass is 10.1. The van der Waals surface area contributed by atoms with Gasteiger partial charge in [0.1, 0.15) is 12.2 Å². The summed E-state index contributed by atoms with van der Waals surface area (Å²) < 4.78 is 9.40. The number of aliphatic hydroxyl groups is 1. The van der Waals surface area contributed by atoms with Crippen LogP contribution in [0.3, 0.4) is 0 Å². The maximum absolute atomic E-state index is 10.8. The van der Waals surface area contributed by atoms with E-state index in [0.29, 0.717) is 0 Å². The molecule has 0 radical (unpaired) electrons. The topological polar surface area (TPSA) is 55.8 Å². The minimum atomic E-state index is -0.873. The molecule has 0 aliphatic carbocycles. The monoisotopic (exact) mass is 162 g/mol. The molecule has 0 aromatic carbocycles. The SMILES string of the molecule is COC[C@@H](O)[C@H](OC)C(C)=O. The Hall–Kier alpha value is -0.450. The predicted molar refractivity (Wildman–Crippen MR) is 39.4 cm³/mol. The van der Waals surface area contributed by atoms with E-state index >= 15 is 0 Å². The molecule has 11 heavy (non-hydrogen) atoms. The van der Waals surface area contributed by atoms with Gasteiger partial charge in [0.05, 0.1) is 6.61 Å². The highest BCUT2D eigenvalue weighted by Gasteiger charge is 2.22. The Balaban J connectivity index is 3.91. The summed E-state index contributed by atoms with van der Waals surface area (Å²) in [6, 6.07) is 0. The van der Waals surface area contributed by atoms with Crippen molar-refractivity contribution < 1.29 is 19.4 Å². The van der Waals surface area contributed by atoms with E-state index in [-0.39, 0.29) is 12.4 Å². The van der Waals surface area contributed by atoms with Crippen molar-refractivity contribution in [1.29, 1.82) is 0 Å². The van der Waals surface area contributed by atoms with Crippen molar-refractivity contribution in [2.24, 2.45) is 0 Å². The van der Waals surface area contributed by atoms with Crippen LogP contribution in [-0.2, 0) is 14.3 Å². The zero-order chi connectivity index (χ0) is 8.85. The summed E-state index contributed by atoms with van der Waals surface area (Å²) in [6.45, 7) is 1.48. The van der Waals surface area contributed by atoms with Crippen molar-refractivity contribution in [1.82, 2.24) is 0 Å². The Bertz CT molecular complexity index is 124. The standard InChI is InChI=1S/C7H14O4/c1-5(8)7(11-3)6(9)4-10-2/h6-7,9H,4H2,1-3H3/t6-,7-/m1/s1. The largest absolute Gasteiger partial charge is 0.388 e. The highest BCUT2D eigenvalue weighted by molar-refractivity contribution is 5.81. The molecule has 0 aromatic rings. The molecule has 0 saturated heterocycles. The van der Waals surface area contributed by atoms with E-state index in [0.717, 1.165) is 0 Å². The Morgan fingerprint density at radius 1 is 1.55 bits per heavy atom. The van der Waals surface area contributed by atoms with E-state index in [1.165, 1.54) is 21.1 Å². The van der Waals surface area contributed by atoms with Gasteiger partial charge in [-0.25, -0.2) is 0 Å². The van der Waals surface area contributed by atoms with Crippen molar-refractivity contribution in [3.8, 4) is 0 Å². The van der Waals surface area contributed by atoms with Crippen molar-refractivity contribution in [2.75, 3.05) is 20.8 Å². The summed E-state index contributed by atoms with van der Waals surface area (Å²) in [5.41, 5.74) is 0. The molecule has 0 amide bonds. The van der Waals surface area contributed by atoms with E-state index in [1.54, 1.807) is 0 Å². The molecule has 0 spiro atoms. The van der Waals surface area contributed by atoms with E-state index in [9.17, 15) is 9.90 Å². The first-order valence-corrected chi connectivity index (χ1v) is 3.33. The number of ether oxygens (including phenoxy) is 2. The second kappa shape index (κ2) is 5.23. The third-order valence-electron chi connectivity index (χ3n) is 1.34. The number of carbonyl (C=O) groups is 1. The van der Waals surface area contributed by atoms with E-state index in [1.807, 2.05) is 0 Å². The molecule has 0 heterocycles. The fourth-order valence-corrected chi connectivity index (χ4v) is 0.852. The van der Waals surface area contributed by atoms with E-state index in [4.69, 9.17) is 4.74 Å². The summed E-state index contributed by atoms with van der Waals surface area (Å²) in [4.78, 5) is 10.8.